The van der Waals surface area contributed by atoms with Gasteiger partial charge in [0.1, 0.15) is 5.69 Å². The van der Waals surface area contributed by atoms with Crippen molar-refractivity contribution in [3.05, 3.63) is 29.6 Å². The Hall–Kier alpha value is -1.46. The first-order valence-electron chi connectivity index (χ1n) is 6.21. The average Bonchev–Trinajstić information content (AvgIpc) is 2.38. The van der Waals surface area contributed by atoms with Crippen molar-refractivity contribution in [1.29, 1.82) is 0 Å². The minimum Gasteiger partial charge on any atom is -0.351 e. The van der Waals surface area contributed by atoms with E-state index in [1.807, 2.05) is 20.2 Å². The number of amides is 1. The maximum atomic E-state index is 11.7. The second-order valence-electron chi connectivity index (χ2n) is 4.52. The topological polar surface area (TPSA) is 71.2 Å². The van der Waals surface area contributed by atoms with Gasteiger partial charge in [-0.15, -0.1) is 0 Å². The third-order valence-electron chi connectivity index (χ3n) is 2.61. The number of carbonyl (C=O) groups is 1. The molecule has 0 aliphatic carbocycles. The van der Waals surface area contributed by atoms with E-state index in [9.17, 15) is 4.79 Å². The standard InChI is InChI=1S/C13H22N4O/c1-17(2)8-4-3-7-15-13(18)12-6-5-11(9-14)10-16-12/h5-6,10H,3-4,7-9,14H2,1-2H3,(H,15,18). The van der Waals surface area contributed by atoms with Crippen LogP contribution in [0.15, 0.2) is 18.3 Å². The van der Waals surface area contributed by atoms with Gasteiger partial charge in [0.15, 0.2) is 0 Å². The summed E-state index contributed by atoms with van der Waals surface area (Å²) in [5, 5.41) is 2.86. The van der Waals surface area contributed by atoms with Gasteiger partial charge >= 0.3 is 0 Å². The van der Waals surface area contributed by atoms with Crippen LogP contribution in [0, 0.1) is 0 Å². The SMILES string of the molecule is CN(C)CCCCNC(=O)c1ccc(CN)cn1. The monoisotopic (exact) mass is 250 g/mol. The van der Waals surface area contributed by atoms with E-state index in [0.29, 0.717) is 18.8 Å². The fraction of sp³-hybridized carbons (Fsp3) is 0.538. The lowest BCUT2D eigenvalue weighted by atomic mass is 10.2. The molecule has 100 valence electrons. The molecule has 0 bridgehead atoms. The molecule has 5 heteroatoms. The molecule has 0 unspecified atom stereocenters. The fourth-order valence-electron chi connectivity index (χ4n) is 1.53. The molecule has 3 N–H and O–H groups in total. The number of pyridine rings is 1. The molecule has 1 amide bonds. The molecular formula is C13H22N4O. The zero-order chi connectivity index (χ0) is 13.4. The molecule has 1 rings (SSSR count). The first-order valence-corrected chi connectivity index (χ1v) is 6.21. The number of carbonyl (C=O) groups excluding carboxylic acids is 1. The molecule has 1 aromatic heterocycles. The number of nitrogens with one attached hydrogen (secondary N) is 1. The molecule has 18 heavy (non-hydrogen) atoms. The summed E-state index contributed by atoms with van der Waals surface area (Å²) >= 11 is 0. The van der Waals surface area contributed by atoms with Gasteiger partial charge in [0, 0.05) is 19.3 Å². The molecule has 0 aliphatic rings. The predicted molar refractivity (Wildman–Crippen MR) is 72.2 cm³/mol. The molecule has 0 aliphatic heterocycles. The minimum absolute atomic E-state index is 0.122. The zero-order valence-electron chi connectivity index (χ0n) is 11.1. The largest absolute Gasteiger partial charge is 0.351 e. The van der Waals surface area contributed by atoms with Crippen LogP contribution in [-0.2, 0) is 6.54 Å². The molecule has 0 saturated carbocycles. The van der Waals surface area contributed by atoms with Crippen molar-refractivity contribution in [3.8, 4) is 0 Å². The van der Waals surface area contributed by atoms with Crippen LogP contribution >= 0.6 is 0 Å². The van der Waals surface area contributed by atoms with Gasteiger partial charge in [-0.2, -0.15) is 0 Å². The predicted octanol–water partition coefficient (Wildman–Crippen LogP) is 0.612. The Balaban J connectivity index is 2.27. The quantitative estimate of drug-likeness (QED) is 0.696. The molecule has 5 nitrogen and oxygen atoms in total. The molecule has 0 radical (unpaired) electrons. The van der Waals surface area contributed by atoms with Crippen molar-refractivity contribution >= 4 is 5.91 Å². The Bertz CT molecular complexity index is 362. The first kappa shape index (κ1) is 14.6. The summed E-state index contributed by atoms with van der Waals surface area (Å²) in [7, 11) is 4.09. The van der Waals surface area contributed by atoms with Crippen molar-refractivity contribution in [1.82, 2.24) is 15.2 Å². The second kappa shape index (κ2) is 7.79. The summed E-state index contributed by atoms with van der Waals surface area (Å²) in [5.74, 6) is -0.122. The number of aromatic nitrogens is 1. The van der Waals surface area contributed by atoms with E-state index in [1.165, 1.54) is 0 Å². The van der Waals surface area contributed by atoms with E-state index in [-0.39, 0.29) is 5.91 Å². The zero-order valence-corrected chi connectivity index (χ0v) is 11.1. The fourth-order valence-corrected chi connectivity index (χ4v) is 1.53. The van der Waals surface area contributed by atoms with E-state index in [4.69, 9.17) is 5.73 Å². The lowest BCUT2D eigenvalue weighted by Crippen LogP contribution is -2.26. The number of hydrogen-bond acceptors (Lipinski definition) is 4. The Labute approximate surface area is 108 Å². The van der Waals surface area contributed by atoms with Crippen LogP contribution in [0.1, 0.15) is 28.9 Å². The van der Waals surface area contributed by atoms with Gasteiger partial charge in [-0.05, 0) is 45.1 Å². The van der Waals surface area contributed by atoms with E-state index in [2.05, 4.69) is 15.2 Å². The van der Waals surface area contributed by atoms with Gasteiger partial charge in [-0.25, -0.2) is 0 Å². The summed E-state index contributed by atoms with van der Waals surface area (Å²) in [4.78, 5) is 17.9. The Kier molecular flexibility index (Phi) is 6.32. The number of rotatable bonds is 7. The lowest BCUT2D eigenvalue weighted by Gasteiger charge is -2.09. The van der Waals surface area contributed by atoms with Crippen LogP contribution in [-0.4, -0.2) is 43.0 Å². The second-order valence-corrected chi connectivity index (χ2v) is 4.52. The maximum absolute atomic E-state index is 11.7. The molecule has 1 aromatic rings. The van der Waals surface area contributed by atoms with Crippen LogP contribution in [0.5, 0.6) is 0 Å². The van der Waals surface area contributed by atoms with Crippen molar-refractivity contribution in [3.63, 3.8) is 0 Å². The average molecular weight is 250 g/mol. The molecule has 0 fully saturated rings. The number of unbranched alkanes of at least 4 members (excludes halogenated alkanes) is 1. The van der Waals surface area contributed by atoms with E-state index in [1.54, 1.807) is 12.3 Å². The summed E-state index contributed by atoms with van der Waals surface area (Å²) in [5.41, 5.74) is 6.84. The van der Waals surface area contributed by atoms with Gasteiger partial charge in [0.05, 0.1) is 0 Å². The van der Waals surface area contributed by atoms with Crippen molar-refractivity contribution in [2.45, 2.75) is 19.4 Å². The van der Waals surface area contributed by atoms with Crippen LogP contribution in [0.25, 0.3) is 0 Å². The van der Waals surface area contributed by atoms with Gasteiger partial charge in [-0.3, -0.25) is 9.78 Å². The first-order chi connectivity index (χ1) is 8.63. The van der Waals surface area contributed by atoms with Crippen LogP contribution < -0.4 is 11.1 Å². The Morgan fingerprint density at radius 1 is 1.39 bits per heavy atom. The minimum atomic E-state index is -0.122. The van der Waals surface area contributed by atoms with Gasteiger partial charge in [-0.1, -0.05) is 6.07 Å². The molecule has 0 atom stereocenters. The number of nitrogens with two attached hydrogens (primary N) is 1. The van der Waals surface area contributed by atoms with Gasteiger partial charge in [0.2, 0.25) is 0 Å². The summed E-state index contributed by atoms with van der Waals surface area (Å²) in [6, 6.07) is 3.53. The third-order valence-corrected chi connectivity index (χ3v) is 2.61. The lowest BCUT2D eigenvalue weighted by molar-refractivity contribution is 0.0948. The smallest absolute Gasteiger partial charge is 0.269 e. The van der Waals surface area contributed by atoms with Gasteiger partial charge < -0.3 is 16.0 Å². The molecular weight excluding hydrogens is 228 g/mol. The molecule has 0 aromatic carbocycles. The number of nitrogens with zero attached hydrogens (tertiary/aromatic N) is 2. The highest BCUT2D eigenvalue weighted by atomic mass is 16.1. The van der Waals surface area contributed by atoms with Crippen molar-refractivity contribution in [2.24, 2.45) is 5.73 Å². The Morgan fingerprint density at radius 2 is 2.17 bits per heavy atom. The highest BCUT2D eigenvalue weighted by Crippen LogP contribution is 1.99. The highest BCUT2D eigenvalue weighted by molar-refractivity contribution is 5.92. The number of hydrogen-bond donors (Lipinski definition) is 2. The summed E-state index contributed by atoms with van der Waals surface area (Å²) in [6.07, 6.45) is 3.69. The molecule has 1 heterocycles. The Morgan fingerprint density at radius 3 is 2.72 bits per heavy atom. The van der Waals surface area contributed by atoms with E-state index < -0.39 is 0 Å². The summed E-state index contributed by atoms with van der Waals surface area (Å²) < 4.78 is 0. The molecule has 0 saturated heterocycles. The third kappa shape index (κ3) is 5.25. The summed E-state index contributed by atoms with van der Waals surface area (Å²) in [6.45, 7) is 2.17. The highest BCUT2D eigenvalue weighted by Gasteiger charge is 2.05. The van der Waals surface area contributed by atoms with Crippen molar-refractivity contribution in [2.75, 3.05) is 27.2 Å². The van der Waals surface area contributed by atoms with Crippen LogP contribution in [0.3, 0.4) is 0 Å². The maximum Gasteiger partial charge on any atom is 0.269 e. The van der Waals surface area contributed by atoms with Crippen LogP contribution in [0.2, 0.25) is 0 Å². The van der Waals surface area contributed by atoms with Gasteiger partial charge in [0.25, 0.3) is 5.91 Å². The molecule has 0 spiro atoms. The van der Waals surface area contributed by atoms with Crippen molar-refractivity contribution < 1.29 is 4.79 Å². The normalized spacial score (nSPS) is 10.7. The van der Waals surface area contributed by atoms with E-state index >= 15 is 0 Å². The van der Waals surface area contributed by atoms with Crippen LogP contribution in [0.4, 0.5) is 0 Å². The van der Waals surface area contributed by atoms with E-state index in [0.717, 1.165) is 24.9 Å².